The monoisotopic (exact) mass is 312 g/mol. The van der Waals surface area contributed by atoms with Crippen molar-refractivity contribution in [2.24, 2.45) is 0 Å². The van der Waals surface area contributed by atoms with Crippen LogP contribution in [0.3, 0.4) is 0 Å². The molecule has 1 N–H and O–H groups in total. The number of thioether (sulfide) groups is 1. The SMILES string of the molecule is COc1cc(N[SH](=O)=O)nc(SCc2ccncc2)n1. The van der Waals surface area contributed by atoms with Gasteiger partial charge in [0.05, 0.1) is 7.11 Å². The van der Waals surface area contributed by atoms with E-state index in [-0.39, 0.29) is 5.82 Å². The predicted molar refractivity (Wildman–Crippen MR) is 76.3 cm³/mol. The highest BCUT2D eigenvalue weighted by atomic mass is 32.2. The Morgan fingerprint density at radius 1 is 1.30 bits per heavy atom. The Kier molecular flexibility index (Phi) is 5.13. The fourth-order valence-corrected chi connectivity index (χ4v) is 2.46. The highest BCUT2D eigenvalue weighted by Gasteiger charge is 2.06. The van der Waals surface area contributed by atoms with Crippen molar-refractivity contribution in [1.82, 2.24) is 15.0 Å². The van der Waals surface area contributed by atoms with E-state index in [9.17, 15) is 8.42 Å². The van der Waals surface area contributed by atoms with Crippen LogP contribution in [0.5, 0.6) is 5.88 Å². The second-order valence-corrected chi connectivity index (χ2v) is 5.27. The number of nitrogens with zero attached hydrogens (tertiary/aromatic N) is 3. The summed E-state index contributed by atoms with van der Waals surface area (Å²) in [6.07, 6.45) is 3.41. The van der Waals surface area contributed by atoms with E-state index in [0.29, 0.717) is 16.8 Å². The third-order valence-corrected chi connectivity index (χ3v) is 3.54. The maximum absolute atomic E-state index is 10.7. The maximum Gasteiger partial charge on any atom is 0.223 e. The molecular weight excluding hydrogens is 300 g/mol. The second kappa shape index (κ2) is 7.06. The van der Waals surface area contributed by atoms with Crippen molar-refractivity contribution >= 4 is 28.5 Å². The van der Waals surface area contributed by atoms with Crippen LogP contribution >= 0.6 is 11.8 Å². The number of rotatable bonds is 6. The molecule has 0 radical (unpaired) electrons. The summed E-state index contributed by atoms with van der Waals surface area (Å²) in [5.74, 6) is 1.14. The average Bonchev–Trinajstić information content (AvgIpc) is 2.45. The van der Waals surface area contributed by atoms with Gasteiger partial charge in [-0.15, -0.1) is 0 Å². The minimum Gasteiger partial charge on any atom is -0.481 e. The fraction of sp³-hybridized carbons (Fsp3) is 0.182. The van der Waals surface area contributed by atoms with Crippen LogP contribution in [0.2, 0.25) is 0 Å². The Labute approximate surface area is 121 Å². The van der Waals surface area contributed by atoms with Crippen LogP contribution in [-0.4, -0.2) is 30.5 Å². The van der Waals surface area contributed by atoms with Crippen LogP contribution in [0.15, 0.2) is 35.7 Å². The molecule has 106 valence electrons. The zero-order valence-electron chi connectivity index (χ0n) is 10.5. The molecule has 0 aliphatic carbocycles. The molecule has 0 amide bonds. The van der Waals surface area contributed by atoms with Crippen LogP contribution in [0, 0.1) is 0 Å². The molecule has 0 bridgehead atoms. The molecule has 0 spiro atoms. The lowest BCUT2D eigenvalue weighted by Crippen LogP contribution is -2.01. The van der Waals surface area contributed by atoms with Crippen LogP contribution in [0.4, 0.5) is 5.82 Å². The van der Waals surface area contributed by atoms with Gasteiger partial charge in [0.2, 0.25) is 16.8 Å². The molecular formula is C11H12N4O3S2. The number of hydrogen-bond acceptors (Lipinski definition) is 7. The topological polar surface area (TPSA) is 94.1 Å². The highest BCUT2D eigenvalue weighted by Crippen LogP contribution is 2.23. The molecule has 2 rings (SSSR count). The van der Waals surface area contributed by atoms with Gasteiger partial charge in [-0.05, 0) is 17.7 Å². The standard InChI is InChI=1S/C11H12N4O3S2/c1-18-10-6-9(15-20(16)17)13-11(14-10)19-7-8-2-4-12-5-3-8/h2-6,20H,7H2,1H3,(H,13,14,15,16,17). The van der Waals surface area contributed by atoms with Crippen molar-refractivity contribution < 1.29 is 13.2 Å². The van der Waals surface area contributed by atoms with Crippen molar-refractivity contribution in [2.45, 2.75) is 10.9 Å². The first kappa shape index (κ1) is 14.5. The summed E-state index contributed by atoms with van der Waals surface area (Å²) in [5, 5.41) is 0.431. The number of aromatic nitrogens is 3. The zero-order chi connectivity index (χ0) is 14.4. The van der Waals surface area contributed by atoms with E-state index < -0.39 is 10.9 Å². The number of thiol groups is 1. The minimum absolute atomic E-state index is 0.185. The summed E-state index contributed by atoms with van der Waals surface area (Å²) >= 11 is 1.38. The van der Waals surface area contributed by atoms with Gasteiger partial charge in [-0.25, -0.2) is 13.4 Å². The van der Waals surface area contributed by atoms with E-state index in [4.69, 9.17) is 4.74 Å². The number of anilines is 1. The van der Waals surface area contributed by atoms with Gasteiger partial charge in [0, 0.05) is 24.2 Å². The summed E-state index contributed by atoms with van der Waals surface area (Å²) in [6.45, 7) is 0. The third-order valence-electron chi connectivity index (χ3n) is 2.21. The zero-order valence-corrected chi connectivity index (χ0v) is 12.2. The lowest BCUT2D eigenvalue weighted by atomic mass is 10.3. The van der Waals surface area contributed by atoms with Gasteiger partial charge in [-0.1, -0.05) is 11.8 Å². The van der Waals surface area contributed by atoms with Crippen molar-refractivity contribution in [1.29, 1.82) is 0 Å². The van der Waals surface area contributed by atoms with Crippen LogP contribution in [-0.2, 0) is 16.6 Å². The molecule has 0 fully saturated rings. The predicted octanol–water partition coefficient (Wildman–Crippen LogP) is 1.11. The van der Waals surface area contributed by atoms with Gasteiger partial charge in [-0.3, -0.25) is 9.71 Å². The average molecular weight is 312 g/mol. The van der Waals surface area contributed by atoms with E-state index in [1.165, 1.54) is 24.9 Å². The third kappa shape index (κ3) is 4.35. The Hall–Kier alpha value is -1.87. The number of hydrogen-bond donors (Lipinski definition) is 2. The lowest BCUT2D eigenvalue weighted by Gasteiger charge is -2.06. The van der Waals surface area contributed by atoms with Crippen molar-refractivity contribution in [3.8, 4) is 5.88 Å². The number of ether oxygens (including phenoxy) is 1. The molecule has 20 heavy (non-hydrogen) atoms. The van der Waals surface area contributed by atoms with Gasteiger partial charge in [-0.2, -0.15) is 4.98 Å². The fourth-order valence-electron chi connectivity index (χ4n) is 1.35. The van der Waals surface area contributed by atoms with Crippen LogP contribution in [0.25, 0.3) is 0 Å². The molecule has 0 unspecified atom stereocenters. The Morgan fingerprint density at radius 2 is 2.05 bits per heavy atom. The van der Waals surface area contributed by atoms with E-state index >= 15 is 0 Å². The molecule has 2 aromatic heterocycles. The van der Waals surface area contributed by atoms with E-state index in [1.807, 2.05) is 12.1 Å². The summed E-state index contributed by atoms with van der Waals surface area (Å²) in [6, 6.07) is 5.20. The second-order valence-electron chi connectivity index (χ2n) is 3.59. The molecule has 0 aliphatic rings. The number of nitrogens with one attached hydrogen (secondary N) is 1. The normalized spacial score (nSPS) is 10.5. The summed E-state index contributed by atoms with van der Waals surface area (Å²) in [5.41, 5.74) is 1.07. The lowest BCUT2D eigenvalue weighted by molar-refractivity contribution is 0.393. The molecule has 0 aliphatic heterocycles. The maximum atomic E-state index is 10.7. The summed E-state index contributed by atoms with van der Waals surface area (Å²) < 4.78 is 28.6. The molecule has 7 nitrogen and oxygen atoms in total. The van der Waals surface area contributed by atoms with Crippen molar-refractivity contribution in [3.63, 3.8) is 0 Å². The van der Waals surface area contributed by atoms with Crippen LogP contribution in [0.1, 0.15) is 5.56 Å². The number of methoxy groups -OCH3 is 1. The van der Waals surface area contributed by atoms with Crippen molar-refractivity contribution in [2.75, 3.05) is 11.8 Å². The molecule has 2 aromatic rings. The molecule has 0 saturated heterocycles. The largest absolute Gasteiger partial charge is 0.481 e. The minimum atomic E-state index is -2.77. The van der Waals surface area contributed by atoms with E-state index in [1.54, 1.807) is 12.4 Å². The van der Waals surface area contributed by atoms with Gasteiger partial charge in [0.25, 0.3) is 0 Å². The van der Waals surface area contributed by atoms with E-state index in [0.717, 1.165) is 5.56 Å². The molecule has 2 heterocycles. The first-order valence-corrected chi connectivity index (χ1v) is 7.69. The molecule has 0 atom stereocenters. The summed E-state index contributed by atoms with van der Waals surface area (Å²) in [7, 11) is -1.31. The quantitative estimate of drug-likeness (QED) is 0.469. The first-order chi connectivity index (χ1) is 9.67. The highest BCUT2D eigenvalue weighted by molar-refractivity contribution is 7.98. The van der Waals surface area contributed by atoms with Gasteiger partial charge in [0.15, 0.2) is 5.16 Å². The summed E-state index contributed by atoms with van der Waals surface area (Å²) in [4.78, 5) is 12.2. The van der Waals surface area contributed by atoms with Gasteiger partial charge >= 0.3 is 0 Å². The van der Waals surface area contributed by atoms with Crippen LogP contribution < -0.4 is 9.46 Å². The van der Waals surface area contributed by atoms with Gasteiger partial charge < -0.3 is 4.74 Å². The Balaban J connectivity index is 2.14. The smallest absolute Gasteiger partial charge is 0.223 e. The molecule has 0 saturated carbocycles. The Bertz CT molecular complexity index is 641. The molecule has 9 heteroatoms. The number of pyridine rings is 1. The van der Waals surface area contributed by atoms with Gasteiger partial charge in [0.1, 0.15) is 5.82 Å². The molecule has 0 aromatic carbocycles. The van der Waals surface area contributed by atoms with Crippen molar-refractivity contribution in [3.05, 3.63) is 36.2 Å². The van der Waals surface area contributed by atoms with E-state index in [2.05, 4.69) is 19.7 Å². The first-order valence-electron chi connectivity index (χ1n) is 5.53. The Morgan fingerprint density at radius 3 is 2.70 bits per heavy atom.